The molecule has 1 aliphatic rings. The molecule has 0 aromatic heterocycles. The fourth-order valence-corrected chi connectivity index (χ4v) is 4.41. The molecule has 2 nitrogen and oxygen atoms in total. The van der Waals surface area contributed by atoms with Gasteiger partial charge in [0.15, 0.2) is 0 Å². The molecule has 87 valence electrons. The first-order chi connectivity index (χ1) is 8.85. The van der Waals surface area contributed by atoms with E-state index in [1.54, 1.807) is 0 Å². The SMILES string of the molecule is O=[CH][Ti]([CH]=O)[c]1cccc2c1Cc1ccccc1-2. The van der Waals surface area contributed by atoms with Crippen molar-refractivity contribution < 1.29 is 27.5 Å². The van der Waals surface area contributed by atoms with Crippen molar-refractivity contribution in [3.05, 3.63) is 53.6 Å². The summed E-state index contributed by atoms with van der Waals surface area (Å²) in [5.41, 5.74) is 4.91. The van der Waals surface area contributed by atoms with Crippen LogP contribution in [0.1, 0.15) is 11.1 Å². The van der Waals surface area contributed by atoms with E-state index in [4.69, 9.17) is 0 Å². The fourth-order valence-electron chi connectivity index (χ4n) is 2.58. The normalized spacial score (nSPS) is 11.6. The summed E-state index contributed by atoms with van der Waals surface area (Å²) >= 11 is -2.38. The van der Waals surface area contributed by atoms with Crippen LogP contribution in [0.4, 0.5) is 0 Å². The fraction of sp³-hybridized carbons (Fsp3) is 0.0667. The number of benzene rings is 2. The number of hydrogen-bond acceptors (Lipinski definition) is 2. The molecule has 0 aliphatic heterocycles. The number of fused-ring (bicyclic) bond motifs is 3. The molecule has 0 saturated heterocycles. The predicted octanol–water partition coefficient (Wildman–Crippen LogP) is 1.88. The Hall–Kier alpha value is -1.51. The first-order valence-electron chi connectivity index (χ1n) is 5.83. The van der Waals surface area contributed by atoms with Crippen LogP contribution in [0.25, 0.3) is 11.1 Å². The van der Waals surface area contributed by atoms with Crippen molar-refractivity contribution in [1.82, 2.24) is 0 Å². The molecule has 0 radical (unpaired) electrons. The Balaban J connectivity index is 2.19. The Morgan fingerprint density at radius 3 is 2.39 bits per heavy atom. The van der Waals surface area contributed by atoms with Gasteiger partial charge < -0.3 is 0 Å². The molecule has 0 spiro atoms. The quantitative estimate of drug-likeness (QED) is 0.538. The van der Waals surface area contributed by atoms with Crippen LogP contribution in [0.3, 0.4) is 0 Å². The molecule has 2 aromatic carbocycles. The third kappa shape index (κ3) is 1.69. The Kier molecular flexibility index (Phi) is 2.98. The van der Waals surface area contributed by atoms with Gasteiger partial charge in [-0.05, 0) is 0 Å². The van der Waals surface area contributed by atoms with Crippen molar-refractivity contribution in [2.24, 2.45) is 0 Å². The summed E-state index contributed by atoms with van der Waals surface area (Å²) in [7, 11) is 0. The third-order valence-electron chi connectivity index (χ3n) is 3.42. The molecule has 0 N–H and O–H groups in total. The van der Waals surface area contributed by atoms with Gasteiger partial charge in [0.2, 0.25) is 0 Å². The predicted molar refractivity (Wildman–Crippen MR) is 67.8 cm³/mol. The summed E-state index contributed by atoms with van der Waals surface area (Å²) in [6.45, 7) is 0. The van der Waals surface area contributed by atoms with Crippen LogP contribution < -0.4 is 3.87 Å². The van der Waals surface area contributed by atoms with Crippen molar-refractivity contribution in [1.29, 1.82) is 0 Å². The van der Waals surface area contributed by atoms with Crippen LogP contribution in [0.15, 0.2) is 42.5 Å². The number of carbonyl (C=O) groups is 2. The molecule has 0 fully saturated rings. The van der Waals surface area contributed by atoms with Crippen molar-refractivity contribution in [3.63, 3.8) is 0 Å². The second-order valence-electron chi connectivity index (χ2n) is 4.36. The van der Waals surface area contributed by atoms with Gasteiger partial charge in [0.25, 0.3) is 0 Å². The molecule has 3 heteroatoms. The van der Waals surface area contributed by atoms with E-state index in [1.807, 2.05) is 24.3 Å². The van der Waals surface area contributed by atoms with Gasteiger partial charge in [-0.2, -0.15) is 0 Å². The first kappa shape index (κ1) is 11.6. The molecule has 1 aliphatic carbocycles. The minimum atomic E-state index is -2.38. The van der Waals surface area contributed by atoms with E-state index in [-0.39, 0.29) is 0 Å². The van der Waals surface area contributed by atoms with Crippen molar-refractivity contribution in [3.8, 4) is 11.1 Å². The van der Waals surface area contributed by atoms with E-state index in [9.17, 15) is 9.59 Å². The van der Waals surface area contributed by atoms with Gasteiger partial charge in [0.05, 0.1) is 0 Å². The van der Waals surface area contributed by atoms with Crippen LogP contribution in [-0.2, 0) is 33.9 Å². The van der Waals surface area contributed by atoms with Gasteiger partial charge in [-0.15, -0.1) is 0 Å². The van der Waals surface area contributed by atoms with Crippen LogP contribution in [-0.4, -0.2) is 9.18 Å². The van der Waals surface area contributed by atoms with Gasteiger partial charge >= 0.3 is 112 Å². The molecule has 0 saturated carbocycles. The zero-order valence-corrected chi connectivity index (χ0v) is 11.3. The number of carbonyl (C=O) groups excluding carboxylic acids is 2. The van der Waals surface area contributed by atoms with Crippen LogP contribution in [0, 0.1) is 0 Å². The van der Waals surface area contributed by atoms with Crippen LogP contribution in [0.2, 0.25) is 0 Å². The second kappa shape index (κ2) is 4.64. The maximum atomic E-state index is 11.1. The molecular formula is C15H11O2Ti. The molecule has 0 amide bonds. The summed E-state index contributed by atoms with van der Waals surface area (Å²) in [5, 5.41) is 0. The van der Waals surface area contributed by atoms with E-state index >= 15 is 0 Å². The minimum absolute atomic E-state index is 0.847. The molecule has 2 aromatic rings. The Bertz CT molecular complexity index is 626. The second-order valence-corrected chi connectivity index (χ2v) is 7.36. The van der Waals surface area contributed by atoms with Gasteiger partial charge in [-0.25, -0.2) is 0 Å². The Morgan fingerprint density at radius 2 is 1.61 bits per heavy atom. The molecule has 0 heterocycles. The van der Waals surface area contributed by atoms with Crippen LogP contribution in [0.5, 0.6) is 0 Å². The zero-order chi connectivity index (χ0) is 12.5. The van der Waals surface area contributed by atoms with Crippen molar-refractivity contribution >= 4 is 13.0 Å². The molecule has 3 rings (SSSR count). The van der Waals surface area contributed by atoms with E-state index in [0.29, 0.717) is 0 Å². The number of hydrogen-bond donors (Lipinski definition) is 0. The van der Waals surface area contributed by atoms with Gasteiger partial charge in [0, 0.05) is 0 Å². The van der Waals surface area contributed by atoms with E-state index in [0.717, 1.165) is 19.5 Å². The molecule has 0 unspecified atom stereocenters. The van der Waals surface area contributed by atoms with E-state index in [1.165, 1.54) is 22.3 Å². The van der Waals surface area contributed by atoms with Crippen LogP contribution >= 0.6 is 0 Å². The van der Waals surface area contributed by atoms with Gasteiger partial charge in [-0.1, -0.05) is 0 Å². The summed E-state index contributed by atoms with van der Waals surface area (Å²) in [6, 6.07) is 14.3. The topological polar surface area (TPSA) is 34.1 Å². The van der Waals surface area contributed by atoms with Gasteiger partial charge in [0.1, 0.15) is 0 Å². The zero-order valence-electron chi connectivity index (χ0n) is 9.72. The summed E-state index contributed by atoms with van der Waals surface area (Å²) in [5.74, 6) is 0. The molecule has 0 bridgehead atoms. The first-order valence-corrected chi connectivity index (χ1v) is 8.41. The molecular weight excluding hydrogens is 260 g/mol. The molecule has 18 heavy (non-hydrogen) atoms. The average molecular weight is 271 g/mol. The van der Waals surface area contributed by atoms with E-state index in [2.05, 4.69) is 18.2 Å². The summed E-state index contributed by atoms with van der Waals surface area (Å²) in [4.78, 5) is 22.1. The van der Waals surface area contributed by atoms with Crippen molar-refractivity contribution in [2.45, 2.75) is 6.42 Å². The Morgan fingerprint density at radius 1 is 0.889 bits per heavy atom. The van der Waals surface area contributed by atoms with E-state index < -0.39 is 17.9 Å². The Labute approximate surface area is 111 Å². The standard InChI is InChI=1S/C13H9.2CHO.Ti/c1-3-7-12-10(5-1)9-11-6-2-4-8-13(11)12;2*1-2;/h1-5,7-8H,9H2;2*1H;. The maximum absolute atomic E-state index is 11.1. The molecule has 0 atom stereocenters. The monoisotopic (exact) mass is 271 g/mol. The van der Waals surface area contributed by atoms with Crippen molar-refractivity contribution in [2.75, 3.05) is 0 Å². The summed E-state index contributed by atoms with van der Waals surface area (Å²) in [6.07, 6.45) is 0.847. The average Bonchev–Trinajstić information content (AvgIpc) is 2.80. The summed E-state index contributed by atoms with van der Waals surface area (Å²) < 4.78 is 2.77. The van der Waals surface area contributed by atoms with Gasteiger partial charge in [-0.3, -0.25) is 0 Å². The number of rotatable bonds is 3. The third-order valence-corrected chi connectivity index (χ3v) is 5.91.